The molecule has 18 heavy (non-hydrogen) atoms. The smallest absolute Gasteiger partial charge is 0.335 e. The average molecular weight is 245 g/mol. The van der Waals surface area contributed by atoms with Crippen LogP contribution in [0.5, 0.6) is 0 Å². The summed E-state index contributed by atoms with van der Waals surface area (Å²) in [5, 5.41) is 10.3. The lowest BCUT2D eigenvalue weighted by molar-refractivity contribution is 0.0696. The lowest BCUT2D eigenvalue weighted by atomic mass is 10.0. The second-order valence-electron chi connectivity index (χ2n) is 4.86. The summed E-state index contributed by atoms with van der Waals surface area (Å²) in [4.78, 5) is 11.2. The zero-order chi connectivity index (χ0) is 13.3. The predicted molar refractivity (Wildman–Crippen MR) is 73.2 cm³/mol. The van der Waals surface area contributed by atoms with Gasteiger partial charge in [0.25, 0.3) is 0 Å². The minimum atomic E-state index is -0.848. The molecule has 0 saturated carbocycles. The number of carboxylic acids is 1. The van der Waals surface area contributed by atoms with Gasteiger partial charge >= 0.3 is 5.97 Å². The fourth-order valence-corrected chi connectivity index (χ4v) is 2.41. The van der Waals surface area contributed by atoms with Crippen molar-refractivity contribution in [1.29, 1.82) is 0 Å². The predicted octanol–water partition coefficient (Wildman–Crippen LogP) is 3.53. The van der Waals surface area contributed by atoms with E-state index in [1.54, 1.807) is 0 Å². The van der Waals surface area contributed by atoms with Gasteiger partial charge in [0.05, 0.1) is 5.56 Å². The Morgan fingerprint density at radius 2 is 2.11 bits per heavy atom. The molecule has 1 aromatic heterocycles. The molecule has 2 aromatic rings. The molecule has 0 aliphatic carbocycles. The number of carbonyl (C=O) groups is 1. The van der Waals surface area contributed by atoms with Crippen molar-refractivity contribution in [3.05, 3.63) is 35.0 Å². The molecule has 1 heterocycles. The standard InChI is InChI=1S/C15H19NO2/c1-4-5-6-11-9-16(3)14-7-10(2)12(15(17)18)8-13(11)14/h7-9H,4-6H2,1-3H3,(H,17,18). The van der Waals surface area contributed by atoms with Crippen LogP contribution in [0.3, 0.4) is 0 Å². The Bertz CT molecular complexity index is 596. The topological polar surface area (TPSA) is 42.2 Å². The second-order valence-corrected chi connectivity index (χ2v) is 4.86. The van der Waals surface area contributed by atoms with E-state index in [2.05, 4.69) is 17.7 Å². The molecule has 0 atom stereocenters. The van der Waals surface area contributed by atoms with Gasteiger partial charge in [0.1, 0.15) is 0 Å². The molecule has 1 aromatic carbocycles. The average Bonchev–Trinajstić information content (AvgIpc) is 2.62. The van der Waals surface area contributed by atoms with Gasteiger partial charge in [-0.05, 0) is 43.0 Å². The first-order valence-corrected chi connectivity index (χ1v) is 6.36. The number of hydrogen-bond donors (Lipinski definition) is 1. The van der Waals surface area contributed by atoms with Crippen LogP contribution in [0.4, 0.5) is 0 Å². The Morgan fingerprint density at radius 1 is 1.39 bits per heavy atom. The fraction of sp³-hybridized carbons (Fsp3) is 0.400. The second kappa shape index (κ2) is 4.84. The third-order valence-corrected chi connectivity index (χ3v) is 3.45. The molecule has 0 saturated heterocycles. The maximum Gasteiger partial charge on any atom is 0.335 e. The Labute approximate surface area is 107 Å². The zero-order valence-electron chi connectivity index (χ0n) is 11.2. The van der Waals surface area contributed by atoms with Crippen LogP contribution in [0.2, 0.25) is 0 Å². The van der Waals surface area contributed by atoms with Gasteiger partial charge in [0.15, 0.2) is 0 Å². The number of aryl methyl sites for hydroxylation is 3. The van der Waals surface area contributed by atoms with Gasteiger partial charge in [-0.1, -0.05) is 13.3 Å². The lowest BCUT2D eigenvalue weighted by Gasteiger charge is -2.04. The lowest BCUT2D eigenvalue weighted by Crippen LogP contribution is -2.00. The van der Waals surface area contributed by atoms with Crippen molar-refractivity contribution in [2.75, 3.05) is 0 Å². The van der Waals surface area contributed by atoms with Gasteiger partial charge in [-0.15, -0.1) is 0 Å². The summed E-state index contributed by atoms with van der Waals surface area (Å²) < 4.78 is 2.08. The molecular formula is C15H19NO2. The van der Waals surface area contributed by atoms with Crippen molar-refractivity contribution in [2.24, 2.45) is 7.05 Å². The van der Waals surface area contributed by atoms with Crippen LogP contribution in [-0.2, 0) is 13.5 Å². The summed E-state index contributed by atoms with van der Waals surface area (Å²) >= 11 is 0. The van der Waals surface area contributed by atoms with Gasteiger partial charge in [0, 0.05) is 24.1 Å². The van der Waals surface area contributed by atoms with Gasteiger partial charge < -0.3 is 9.67 Å². The van der Waals surface area contributed by atoms with Crippen LogP contribution < -0.4 is 0 Å². The number of benzene rings is 1. The molecule has 1 N–H and O–H groups in total. The summed E-state index contributed by atoms with van der Waals surface area (Å²) in [6.07, 6.45) is 5.41. The highest BCUT2D eigenvalue weighted by Gasteiger charge is 2.13. The van der Waals surface area contributed by atoms with Crippen molar-refractivity contribution in [3.8, 4) is 0 Å². The van der Waals surface area contributed by atoms with Crippen molar-refractivity contribution < 1.29 is 9.90 Å². The molecule has 0 radical (unpaired) electrons. The molecule has 0 fully saturated rings. The molecule has 0 aliphatic rings. The number of fused-ring (bicyclic) bond motifs is 1. The Hall–Kier alpha value is -1.77. The van der Waals surface area contributed by atoms with E-state index < -0.39 is 5.97 Å². The van der Waals surface area contributed by atoms with Crippen LogP contribution in [0, 0.1) is 6.92 Å². The van der Waals surface area contributed by atoms with Crippen molar-refractivity contribution >= 4 is 16.9 Å². The van der Waals surface area contributed by atoms with Crippen LogP contribution in [0.15, 0.2) is 18.3 Å². The Morgan fingerprint density at radius 3 is 2.72 bits per heavy atom. The maximum absolute atomic E-state index is 11.2. The third-order valence-electron chi connectivity index (χ3n) is 3.45. The summed E-state index contributed by atoms with van der Waals surface area (Å²) in [7, 11) is 2.01. The number of unbranched alkanes of at least 4 members (excludes halogenated alkanes) is 1. The van der Waals surface area contributed by atoms with Gasteiger partial charge in [-0.25, -0.2) is 4.79 Å². The first-order valence-electron chi connectivity index (χ1n) is 6.36. The van der Waals surface area contributed by atoms with E-state index in [4.69, 9.17) is 0 Å². The SMILES string of the molecule is CCCCc1cn(C)c2cc(C)c(C(=O)O)cc12. The zero-order valence-corrected chi connectivity index (χ0v) is 11.2. The fourth-order valence-electron chi connectivity index (χ4n) is 2.41. The molecule has 0 amide bonds. The Balaban J connectivity index is 2.60. The third kappa shape index (κ3) is 2.13. The number of aromatic nitrogens is 1. The highest BCUT2D eigenvalue weighted by atomic mass is 16.4. The van der Waals surface area contributed by atoms with E-state index in [-0.39, 0.29) is 0 Å². The summed E-state index contributed by atoms with van der Waals surface area (Å²) in [5.41, 5.74) is 3.59. The molecular weight excluding hydrogens is 226 g/mol. The molecule has 0 unspecified atom stereocenters. The molecule has 96 valence electrons. The van der Waals surface area contributed by atoms with Gasteiger partial charge in [0.2, 0.25) is 0 Å². The minimum absolute atomic E-state index is 0.409. The normalized spacial score (nSPS) is 11.1. The van der Waals surface area contributed by atoms with E-state index in [0.29, 0.717) is 5.56 Å². The molecule has 0 spiro atoms. The molecule has 2 rings (SSSR count). The van der Waals surface area contributed by atoms with E-state index in [9.17, 15) is 9.90 Å². The van der Waals surface area contributed by atoms with Crippen LogP contribution in [-0.4, -0.2) is 15.6 Å². The molecule has 0 bridgehead atoms. The number of aromatic carboxylic acids is 1. The number of rotatable bonds is 4. The van der Waals surface area contributed by atoms with Crippen LogP contribution in [0.1, 0.15) is 41.3 Å². The first-order chi connectivity index (χ1) is 8.54. The highest BCUT2D eigenvalue weighted by molar-refractivity contribution is 5.96. The molecule has 3 heteroatoms. The van der Waals surface area contributed by atoms with E-state index in [1.165, 1.54) is 5.56 Å². The maximum atomic E-state index is 11.2. The quantitative estimate of drug-likeness (QED) is 0.895. The largest absolute Gasteiger partial charge is 0.478 e. The van der Waals surface area contributed by atoms with Crippen molar-refractivity contribution in [2.45, 2.75) is 33.1 Å². The molecule has 0 aliphatic heterocycles. The number of hydrogen-bond acceptors (Lipinski definition) is 1. The summed E-state index contributed by atoms with van der Waals surface area (Å²) in [6.45, 7) is 4.01. The van der Waals surface area contributed by atoms with E-state index in [1.807, 2.05) is 26.1 Å². The Kier molecular flexibility index (Phi) is 3.41. The number of nitrogens with zero attached hydrogens (tertiary/aromatic N) is 1. The first kappa shape index (κ1) is 12.7. The summed E-state index contributed by atoms with van der Waals surface area (Å²) in [5.74, 6) is -0.848. The highest BCUT2D eigenvalue weighted by Crippen LogP contribution is 2.26. The number of carboxylic acid groups (broad SMARTS) is 1. The van der Waals surface area contributed by atoms with Gasteiger partial charge in [-0.3, -0.25) is 0 Å². The van der Waals surface area contributed by atoms with E-state index >= 15 is 0 Å². The monoisotopic (exact) mass is 245 g/mol. The van der Waals surface area contributed by atoms with Crippen LogP contribution >= 0.6 is 0 Å². The van der Waals surface area contributed by atoms with Gasteiger partial charge in [-0.2, -0.15) is 0 Å². The van der Waals surface area contributed by atoms with E-state index in [0.717, 1.165) is 35.7 Å². The minimum Gasteiger partial charge on any atom is -0.478 e. The van der Waals surface area contributed by atoms with Crippen molar-refractivity contribution in [1.82, 2.24) is 4.57 Å². The summed E-state index contributed by atoms with van der Waals surface area (Å²) in [6, 6.07) is 3.78. The molecule has 3 nitrogen and oxygen atoms in total. The van der Waals surface area contributed by atoms with Crippen LogP contribution in [0.25, 0.3) is 10.9 Å². The van der Waals surface area contributed by atoms with Crippen molar-refractivity contribution in [3.63, 3.8) is 0 Å².